The zero-order valence-corrected chi connectivity index (χ0v) is 15.3. The second kappa shape index (κ2) is 8.67. The molecule has 2 N–H and O–H groups in total. The molecule has 2 aromatic rings. The Balaban J connectivity index is 1.90. The molecule has 0 spiro atoms. The van der Waals surface area contributed by atoms with Gasteiger partial charge in [0.25, 0.3) is 5.91 Å². The molecule has 0 fully saturated rings. The SMILES string of the molecule is CC(C)(C)OCCC(NC(=O)COc1cccc2ccccc12)C(=O)O. The van der Waals surface area contributed by atoms with Gasteiger partial charge in [0.05, 0.1) is 5.60 Å². The number of amides is 1. The average molecular weight is 359 g/mol. The molecule has 1 unspecified atom stereocenters. The first-order valence-electron chi connectivity index (χ1n) is 8.53. The molecule has 1 atom stereocenters. The summed E-state index contributed by atoms with van der Waals surface area (Å²) in [5, 5.41) is 13.7. The zero-order chi connectivity index (χ0) is 19.2. The Morgan fingerprint density at radius 2 is 1.81 bits per heavy atom. The third-order valence-corrected chi connectivity index (χ3v) is 3.68. The number of carbonyl (C=O) groups excluding carboxylic acids is 1. The van der Waals surface area contributed by atoms with Gasteiger partial charge in [0, 0.05) is 18.4 Å². The molecule has 0 aromatic heterocycles. The van der Waals surface area contributed by atoms with Gasteiger partial charge in [0.2, 0.25) is 0 Å². The lowest BCUT2D eigenvalue weighted by Crippen LogP contribution is -2.44. The lowest BCUT2D eigenvalue weighted by atomic mass is 10.1. The number of hydrogen-bond donors (Lipinski definition) is 2. The molecule has 2 aromatic carbocycles. The van der Waals surface area contributed by atoms with Crippen LogP contribution in [0.2, 0.25) is 0 Å². The minimum atomic E-state index is -1.10. The van der Waals surface area contributed by atoms with E-state index in [1.54, 1.807) is 6.07 Å². The maximum Gasteiger partial charge on any atom is 0.326 e. The molecule has 0 aliphatic heterocycles. The van der Waals surface area contributed by atoms with E-state index in [-0.39, 0.29) is 25.2 Å². The molecule has 0 aliphatic rings. The Labute approximate surface area is 153 Å². The van der Waals surface area contributed by atoms with Crippen molar-refractivity contribution >= 4 is 22.6 Å². The van der Waals surface area contributed by atoms with Crippen LogP contribution in [-0.2, 0) is 14.3 Å². The fraction of sp³-hybridized carbons (Fsp3) is 0.400. The number of aliphatic carboxylic acids is 1. The van der Waals surface area contributed by atoms with Crippen LogP contribution >= 0.6 is 0 Å². The van der Waals surface area contributed by atoms with Crippen LogP contribution in [0.5, 0.6) is 5.75 Å². The van der Waals surface area contributed by atoms with E-state index in [1.165, 1.54) is 0 Å². The van der Waals surface area contributed by atoms with Gasteiger partial charge in [-0.1, -0.05) is 36.4 Å². The molecule has 0 heterocycles. The van der Waals surface area contributed by atoms with Gasteiger partial charge in [0.1, 0.15) is 11.8 Å². The van der Waals surface area contributed by atoms with Crippen molar-refractivity contribution in [2.75, 3.05) is 13.2 Å². The molecule has 0 bridgehead atoms. The number of ether oxygens (including phenoxy) is 2. The summed E-state index contributed by atoms with van der Waals surface area (Å²) in [6.45, 7) is 5.65. The molecule has 140 valence electrons. The summed E-state index contributed by atoms with van der Waals surface area (Å²) >= 11 is 0. The number of carboxylic acid groups (broad SMARTS) is 1. The Hall–Kier alpha value is -2.60. The first kappa shape index (κ1) is 19.7. The molecule has 0 radical (unpaired) electrons. The van der Waals surface area contributed by atoms with Crippen molar-refractivity contribution in [1.82, 2.24) is 5.32 Å². The molecule has 2 rings (SSSR count). The van der Waals surface area contributed by atoms with E-state index < -0.39 is 17.9 Å². The van der Waals surface area contributed by atoms with Gasteiger partial charge in [-0.3, -0.25) is 4.79 Å². The number of hydrogen-bond acceptors (Lipinski definition) is 4. The first-order valence-corrected chi connectivity index (χ1v) is 8.53. The molecule has 0 aliphatic carbocycles. The highest BCUT2D eigenvalue weighted by Crippen LogP contribution is 2.24. The summed E-state index contributed by atoms with van der Waals surface area (Å²) < 4.78 is 11.1. The minimum absolute atomic E-state index is 0.187. The van der Waals surface area contributed by atoms with Crippen LogP contribution in [-0.4, -0.2) is 41.8 Å². The molecular weight excluding hydrogens is 334 g/mol. The quantitative estimate of drug-likeness (QED) is 0.757. The van der Waals surface area contributed by atoms with Crippen LogP contribution in [0.4, 0.5) is 0 Å². The van der Waals surface area contributed by atoms with Crippen molar-refractivity contribution < 1.29 is 24.2 Å². The Morgan fingerprint density at radius 1 is 1.12 bits per heavy atom. The van der Waals surface area contributed by atoms with Crippen LogP contribution < -0.4 is 10.1 Å². The van der Waals surface area contributed by atoms with Crippen molar-refractivity contribution in [1.29, 1.82) is 0 Å². The molecule has 0 saturated heterocycles. The van der Waals surface area contributed by atoms with E-state index >= 15 is 0 Å². The Bertz CT molecular complexity index is 761. The molecule has 0 saturated carbocycles. The van der Waals surface area contributed by atoms with Gasteiger partial charge in [-0.15, -0.1) is 0 Å². The van der Waals surface area contributed by atoms with E-state index in [2.05, 4.69) is 5.32 Å². The fourth-order valence-electron chi connectivity index (χ4n) is 2.44. The summed E-state index contributed by atoms with van der Waals surface area (Å²) in [6.07, 6.45) is 0.187. The van der Waals surface area contributed by atoms with E-state index in [1.807, 2.05) is 57.2 Å². The summed E-state index contributed by atoms with van der Waals surface area (Å²) in [4.78, 5) is 23.4. The van der Waals surface area contributed by atoms with Gasteiger partial charge >= 0.3 is 5.97 Å². The highest BCUT2D eigenvalue weighted by Gasteiger charge is 2.21. The Morgan fingerprint density at radius 3 is 2.50 bits per heavy atom. The van der Waals surface area contributed by atoms with Gasteiger partial charge in [-0.25, -0.2) is 4.79 Å². The predicted octanol–water partition coefficient (Wildman–Crippen LogP) is 2.99. The van der Waals surface area contributed by atoms with Crippen LogP contribution in [0, 0.1) is 0 Å². The number of carbonyl (C=O) groups is 2. The second-order valence-corrected chi connectivity index (χ2v) is 6.97. The zero-order valence-electron chi connectivity index (χ0n) is 15.3. The number of carboxylic acids is 1. The molecule has 6 nitrogen and oxygen atoms in total. The van der Waals surface area contributed by atoms with Crippen molar-refractivity contribution in [2.45, 2.75) is 38.8 Å². The minimum Gasteiger partial charge on any atom is -0.483 e. The molecule has 26 heavy (non-hydrogen) atoms. The molecule has 1 amide bonds. The molecule has 6 heteroatoms. The van der Waals surface area contributed by atoms with Gasteiger partial charge in [-0.05, 0) is 32.2 Å². The normalized spacial score (nSPS) is 12.6. The van der Waals surface area contributed by atoms with E-state index in [0.717, 1.165) is 10.8 Å². The van der Waals surface area contributed by atoms with E-state index in [0.29, 0.717) is 5.75 Å². The monoisotopic (exact) mass is 359 g/mol. The van der Waals surface area contributed by atoms with Crippen molar-refractivity contribution in [2.24, 2.45) is 0 Å². The van der Waals surface area contributed by atoms with Crippen molar-refractivity contribution in [3.8, 4) is 5.75 Å². The summed E-state index contributed by atoms with van der Waals surface area (Å²) in [6, 6.07) is 12.3. The van der Waals surface area contributed by atoms with Gasteiger partial charge in [0.15, 0.2) is 6.61 Å². The summed E-state index contributed by atoms with van der Waals surface area (Å²) in [7, 11) is 0. The predicted molar refractivity (Wildman–Crippen MR) is 99.3 cm³/mol. The van der Waals surface area contributed by atoms with E-state index in [4.69, 9.17) is 9.47 Å². The van der Waals surface area contributed by atoms with E-state index in [9.17, 15) is 14.7 Å². The van der Waals surface area contributed by atoms with Gasteiger partial charge in [-0.2, -0.15) is 0 Å². The maximum atomic E-state index is 12.1. The van der Waals surface area contributed by atoms with Crippen LogP contribution in [0.15, 0.2) is 42.5 Å². The van der Waals surface area contributed by atoms with Crippen LogP contribution in [0.1, 0.15) is 27.2 Å². The van der Waals surface area contributed by atoms with Crippen LogP contribution in [0.25, 0.3) is 10.8 Å². The molecular formula is C20H25NO5. The number of rotatable bonds is 8. The summed E-state index contributed by atoms with van der Waals surface area (Å²) in [5.74, 6) is -0.997. The van der Waals surface area contributed by atoms with Crippen LogP contribution in [0.3, 0.4) is 0 Å². The third-order valence-electron chi connectivity index (χ3n) is 3.68. The highest BCUT2D eigenvalue weighted by atomic mass is 16.5. The lowest BCUT2D eigenvalue weighted by Gasteiger charge is -2.21. The third kappa shape index (κ3) is 6.04. The lowest BCUT2D eigenvalue weighted by molar-refractivity contribution is -0.143. The number of nitrogens with one attached hydrogen (secondary N) is 1. The standard InChI is InChI=1S/C20H25NO5/c1-20(2,3)26-12-11-16(19(23)24)21-18(22)13-25-17-10-6-8-14-7-4-5-9-15(14)17/h4-10,16H,11-13H2,1-3H3,(H,21,22)(H,23,24). The average Bonchev–Trinajstić information content (AvgIpc) is 2.58. The number of fused-ring (bicyclic) bond motifs is 1. The van der Waals surface area contributed by atoms with Crippen molar-refractivity contribution in [3.05, 3.63) is 42.5 Å². The fourth-order valence-corrected chi connectivity index (χ4v) is 2.44. The number of benzene rings is 2. The highest BCUT2D eigenvalue weighted by molar-refractivity contribution is 5.89. The summed E-state index contributed by atoms with van der Waals surface area (Å²) in [5.41, 5.74) is -0.357. The van der Waals surface area contributed by atoms with Crippen molar-refractivity contribution in [3.63, 3.8) is 0 Å². The Kier molecular flexibility index (Phi) is 6.58. The second-order valence-electron chi connectivity index (χ2n) is 6.97. The van der Waals surface area contributed by atoms with Gasteiger partial charge < -0.3 is 19.9 Å². The maximum absolute atomic E-state index is 12.1. The first-order chi connectivity index (χ1) is 12.3. The smallest absolute Gasteiger partial charge is 0.326 e. The largest absolute Gasteiger partial charge is 0.483 e. The topological polar surface area (TPSA) is 84.9 Å².